The van der Waals surface area contributed by atoms with Crippen molar-refractivity contribution in [1.29, 1.82) is 0 Å². The lowest BCUT2D eigenvalue weighted by Gasteiger charge is -2.31. The van der Waals surface area contributed by atoms with Gasteiger partial charge in [0.05, 0.1) is 6.61 Å². The van der Waals surface area contributed by atoms with Crippen molar-refractivity contribution < 1.29 is 9.15 Å². The Hall–Kier alpha value is -2.93. The second-order valence-electron chi connectivity index (χ2n) is 7.18. The second kappa shape index (κ2) is 8.39. The van der Waals surface area contributed by atoms with Gasteiger partial charge in [-0.05, 0) is 38.0 Å². The standard InChI is InChI=1S/C21H25N5O2/c1-15-5-6-18(22)17(12-15)13-27-14-20-24-25-21(28-20)16-7-10-26(11-8-16)19-4-2-3-9-23-19/h2-6,9,12,16H,7-8,10-11,13-14,22H2,1H3. The fourth-order valence-corrected chi connectivity index (χ4v) is 3.49. The minimum atomic E-state index is 0.285. The van der Waals surface area contributed by atoms with Crippen LogP contribution in [0.1, 0.15) is 41.7 Å². The maximum absolute atomic E-state index is 5.98. The number of nitrogens with two attached hydrogens (primary N) is 1. The van der Waals surface area contributed by atoms with Gasteiger partial charge in [0, 0.05) is 36.5 Å². The van der Waals surface area contributed by atoms with Crippen LogP contribution in [0, 0.1) is 6.92 Å². The fraction of sp³-hybridized carbons (Fsp3) is 0.381. The van der Waals surface area contributed by atoms with E-state index in [4.69, 9.17) is 14.9 Å². The fourth-order valence-electron chi connectivity index (χ4n) is 3.49. The number of rotatable bonds is 6. The number of nitrogen functional groups attached to an aromatic ring is 1. The maximum atomic E-state index is 5.98. The summed E-state index contributed by atoms with van der Waals surface area (Å²) in [6, 6.07) is 11.9. The highest BCUT2D eigenvalue weighted by atomic mass is 16.5. The van der Waals surface area contributed by atoms with Crippen LogP contribution in [0.25, 0.3) is 0 Å². The zero-order valence-corrected chi connectivity index (χ0v) is 16.0. The monoisotopic (exact) mass is 379 g/mol. The molecular formula is C21H25N5O2. The molecule has 28 heavy (non-hydrogen) atoms. The summed E-state index contributed by atoms with van der Waals surface area (Å²) >= 11 is 0. The minimum Gasteiger partial charge on any atom is -0.422 e. The smallest absolute Gasteiger partial charge is 0.242 e. The van der Waals surface area contributed by atoms with Crippen LogP contribution >= 0.6 is 0 Å². The highest BCUT2D eigenvalue weighted by molar-refractivity contribution is 5.48. The van der Waals surface area contributed by atoms with Crippen molar-refractivity contribution >= 4 is 11.5 Å². The Balaban J connectivity index is 1.28. The van der Waals surface area contributed by atoms with Gasteiger partial charge < -0.3 is 19.8 Å². The molecule has 0 radical (unpaired) electrons. The van der Waals surface area contributed by atoms with E-state index in [1.54, 1.807) is 0 Å². The number of piperidine rings is 1. The molecule has 0 saturated carbocycles. The molecule has 7 heteroatoms. The molecule has 0 amide bonds. The lowest BCUT2D eigenvalue weighted by atomic mass is 9.97. The number of aryl methyl sites for hydroxylation is 1. The third kappa shape index (κ3) is 4.31. The second-order valence-corrected chi connectivity index (χ2v) is 7.18. The van der Waals surface area contributed by atoms with E-state index in [2.05, 4.69) is 20.1 Å². The minimum absolute atomic E-state index is 0.285. The summed E-state index contributed by atoms with van der Waals surface area (Å²) in [5.74, 6) is 2.52. The van der Waals surface area contributed by atoms with Crippen molar-refractivity contribution in [2.75, 3.05) is 23.7 Å². The van der Waals surface area contributed by atoms with Gasteiger partial charge in [-0.15, -0.1) is 10.2 Å². The predicted molar refractivity (Wildman–Crippen MR) is 107 cm³/mol. The van der Waals surface area contributed by atoms with E-state index in [0.717, 1.165) is 48.6 Å². The van der Waals surface area contributed by atoms with Crippen LogP contribution in [0.5, 0.6) is 0 Å². The topological polar surface area (TPSA) is 90.3 Å². The molecular weight excluding hydrogens is 354 g/mol. The molecule has 1 aliphatic heterocycles. The Labute approximate surface area is 164 Å². The maximum Gasteiger partial charge on any atom is 0.242 e. The van der Waals surface area contributed by atoms with E-state index in [-0.39, 0.29) is 12.5 Å². The van der Waals surface area contributed by atoms with Crippen LogP contribution in [0.2, 0.25) is 0 Å². The molecule has 1 aliphatic rings. The average Bonchev–Trinajstić information content (AvgIpc) is 3.20. The van der Waals surface area contributed by atoms with Gasteiger partial charge in [-0.25, -0.2) is 4.98 Å². The number of benzene rings is 1. The molecule has 2 N–H and O–H groups in total. The van der Waals surface area contributed by atoms with Gasteiger partial charge in [0.1, 0.15) is 12.4 Å². The van der Waals surface area contributed by atoms with Gasteiger partial charge in [0.2, 0.25) is 11.8 Å². The van der Waals surface area contributed by atoms with Crippen LogP contribution in [-0.4, -0.2) is 28.3 Å². The highest BCUT2D eigenvalue weighted by Gasteiger charge is 2.25. The van der Waals surface area contributed by atoms with Crippen LogP contribution in [0.3, 0.4) is 0 Å². The molecule has 2 aromatic heterocycles. The number of hydrogen-bond donors (Lipinski definition) is 1. The quantitative estimate of drug-likeness (QED) is 0.656. The van der Waals surface area contributed by atoms with E-state index in [1.165, 1.54) is 0 Å². The van der Waals surface area contributed by atoms with Crippen LogP contribution in [-0.2, 0) is 18.0 Å². The van der Waals surface area contributed by atoms with Gasteiger partial charge in [-0.2, -0.15) is 0 Å². The summed E-state index contributed by atoms with van der Waals surface area (Å²) < 4.78 is 11.6. The Morgan fingerprint density at radius 3 is 2.79 bits per heavy atom. The lowest BCUT2D eigenvalue weighted by molar-refractivity contribution is 0.0885. The molecule has 7 nitrogen and oxygen atoms in total. The summed E-state index contributed by atoms with van der Waals surface area (Å²) in [5.41, 5.74) is 8.85. The normalized spacial score (nSPS) is 15.1. The highest BCUT2D eigenvalue weighted by Crippen LogP contribution is 2.29. The van der Waals surface area contributed by atoms with Gasteiger partial charge >= 0.3 is 0 Å². The SMILES string of the molecule is Cc1ccc(N)c(COCc2nnc(C3CCN(c4ccccn4)CC3)o2)c1. The van der Waals surface area contributed by atoms with E-state index in [9.17, 15) is 0 Å². The molecule has 0 aliphatic carbocycles. The predicted octanol–water partition coefficient (Wildman–Crippen LogP) is 3.46. The van der Waals surface area contributed by atoms with Crippen molar-refractivity contribution in [3.8, 4) is 0 Å². The molecule has 1 saturated heterocycles. The molecule has 1 aromatic carbocycles. The summed E-state index contributed by atoms with van der Waals surface area (Å²) in [4.78, 5) is 6.72. The Morgan fingerprint density at radius 1 is 1.14 bits per heavy atom. The summed E-state index contributed by atoms with van der Waals surface area (Å²) in [5, 5.41) is 8.38. The first kappa shape index (κ1) is 18.4. The molecule has 4 rings (SSSR count). The van der Waals surface area contributed by atoms with Crippen molar-refractivity contribution in [2.45, 2.75) is 38.9 Å². The molecule has 3 aromatic rings. The Bertz CT molecular complexity index is 904. The first-order valence-corrected chi connectivity index (χ1v) is 9.60. The number of pyridine rings is 1. The van der Waals surface area contributed by atoms with Gasteiger partial charge in [0.15, 0.2) is 0 Å². The number of ether oxygens (including phenoxy) is 1. The molecule has 3 heterocycles. The Morgan fingerprint density at radius 2 is 2.00 bits per heavy atom. The zero-order chi connectivity index (χ0) is 19.3. The molecule has 0 unspecified atom stereocenters. The van der Waals surface area contributed by atoms with Crippen LogP contribution in [0.4, 0.5) is 11.5 Å². The van der Waals surface area contributed by atoms with Gasteiger partial charge in [-0.1, -0.05) is 23.8 Å². The zero-order valence-electron chi connectivity index (χ0n) is 16.0. The molecule has 146 valence electrons. The average molecular weight is 379 g/mol. The van der Waals surface area contributed by atoms with Crippen molar-refractivity contribution in [3.63, 3.8) is 0 Å². The number of aromatic nitrogens is 3. The third-order valence-corrected chi connectivity index (χ3v) is 5.08. The van der Waals surface area contributed by atoms with Crippen LogP contribution < -0.4 is 10.6 Å². The molecule has 0 atom stereocenters. The van der Waals surface area contributed by atoms with Gasteiger partial charge in [-0.3, -0.25) is 0 Å². The number of hydrogen-bond acceptors (Lipinski definition) is 7. The van der Waals surface area contributed by atoms with E-state index >= 15 is 0 Å². The van der Waals surface area contributed by atoms with Crippen LogP contribution in [0.15, 0.2) is 47.0 Å². The summed E-state index contributed by atoms with van der Waals surface area (Å²) in [6.45, 7) is 4.61. The molecule has 1 fully saturated rings. The number of nitrogens with zero attached hydrogens (tertiary/aromatic N) is 4. The Kier molecular flexibility index (Phi) is 5.53. The lowest BCUT2D eigenvalue weighted by Crippen LogP contribution is -2.33. The van der Waals surface area contributed by atoms with E-state index < -0.39 is 0 Å². The first-order chi connectivity index (χ1) is 13.7. The summed E-state index contributed by atoms with van der Waals surface area (Å²) in [7, 11) is 0. The third-order valence-electron chi connectivity index (χ3n) is 5.08. The molecule has 0 spiro atoms. The van der Waals surface area contributed by atoms with E-state index in [0.29, 0.717) is 18.4 Å². The number of anilines is 2. The van der Waals surface area contributed by atoms with Crippen molar-refractivity contribution in [3.05, 3.63) is 65.5 Å². The van der Waals surface area contributed by atoms with Gasteiger partial charge in [0.25, 0.3) is 0 Å². The van der Waals surface area contributed by atoms with Crippen molar-refractivity contribution in [1.82, 2.24) is 15.2 Å². The van der Waals surface area contributed by atoms with Crippen molar-refractivity contribution in [2.24, 2.45) is 0 Å². The molecule has 0 bridgehead atoms. The first-order valence-electron chi connectivity index (χ1n) is 9.60. The summed E-state index contributed by atoms with van der Waals surface area (Å²) in [6.07, 6.45) is 3.77. The van der Waals surface area contributed by atoms with E-state index in [1.807, 2.05) is 49.5 Å². The largest absolute Gasteiger partial charge is 0.422 e.